The first kappa shape index (κ1) is 21.2. The summed E-state index contributed by atoms with van der Waals surface area (Å²) < 4.78 is 0. The zero-order valence-electron chi connectivity index (χ0n) is 14.4. The van der Waals surface area contributed by atoms with Crippen LogP contribution in [-0.2, 0) is 4.79 Å². The molecular formula is C18H21N3O5. The quantitative estimate of drug-likeness (QED) is 0.220. The fourth-order valence-electron chi connectivity index (χ4n) is 1.84. The summed E-state index contributed by atoms with van der Waals surface area (Å²) in [5, 5.41) is 28.9. The van der Waals surface area contributed by atoms with E-state index < -0.39 is 36.1 Å². The number of aliphatic hydroxyl groups is 2. The maximum atomic E-state index is 12.3. The van der Waals surface area contributed by atoms with E-state index in [-0.39, 0.29) is 5.56 Å². The molecule has 0 aliphatic carbocycles. The van der Waals surface area contributed by atoms with Crippen molar-refractivity contribution in [3.63, 3.8) is 0 Å². The van der Waals surface area contributed by atoms with Crippen LogP contribution < -0.4 is 16.5 Å². The van der Waals surface area contributed by atoms with Crippen molar-refractivity contribution in [2.24, 2.45) is 5.73 Å². The van der Waals surface area contributed by atoms with Gasteiger partial charge in [0.2, 0.25) is 0 Å². The highest BCUT2D eigenvalue weighted by molar-refractivity contribution is 5.97. The molecule has 0 fully saturated rings. The zero-order valence-corrected chi connectivity index (χ0v) is 14.4. The van der Waals surface area contributed by atoms with Gasteiger partial charge in [0.25, 0.3) is 11.8 Å². The van der Waals surface area contributed by atoms with Gasteiger partial charge in [0.05, 0.1) is 6.61 Å². The lowest BCUT2D eigenvalue weighted by atomic mass is 9.95. The highest BCUT2D eigenvalue weighted by atomic mass is 16.5. The third kappa shape index (κ3) is 6.55. The highest BCUT2D eigenvalue weighted by Gasteiger charge is 2.33. The monoisotopic (exact) mass is 359 g/mol. The average molecular weight is 359 g/mol. The van der Waals surface area contributed by atoms with Gasteiger partial charge in [-0.3, -0.25) is 14.8 Å². The van der Waals surface area contributed by atoms with Gasteiger partial charge in [-0.25, -0.2) is 5.48 Å². The predicted octanol–water partition coefficient (Wildman–Crippen LogP) is -1.26. The van der Waals surface area contributed by atoms with Crippen molar-refractivity contribution in [1.82, 2.24) is 10.8 Å². The molecule has 0 bridgehead atoms. The Labute approximate surface area is 151 Å². The fraction of sp³-hybridized carbons (Fsp3) is 0.333. The summed E-state index contributed by atoms with van der Waals surface area (Å²) in [6.45, 7) is 2.62. The van der Waals surface area contributed by atoms with E-state index >= 15 is 0 Å². The molecule has 0 heterocycles. The van der Waals surface area contributed by atoms with Gasteiger partial charge in [0.15, 0.2) is 0 Å². The Morgan fingerprint density at radius 1 is 1.23 bits per heavy atom. The van der Waals surface area contributed by atoms with Crippen LogP contribution in [0.5, 0.6) is 0 Å². The molecule has 0 aliphatic rings. The van der Waals surface area contributed by atoms with Gasteiger partial charge in [0, 0.05) is 16.7 Å². The molecule has 1 rings (SSSR count). The third-order valence-electron chi connectivity index (χ3n) is 3.22. The molecule has 0 saturated heterocycles. The van der Waals surface area contributed by atoms with Gasteiger partial charge < -0.3 is 21.3 Å². The van der Waals surface area contributed by atoms with Crippen molar-refractivity contribution in [1.29, 1.82) is 0 Å². The molecule has 1 aromatic rings. The first-order chi connectivity index (χ1) is 12.2. The normalized spacial score (nSPS) is 12.5. The van der Waals surface area contributed by atoms with Crippen molar-refractivity contribution in [3.05, 3.63) is 35.4 Å². The van der Waals surface area contributed by atoms with E-state index in [1.165, 1.54) is 17.6 Å². The van der Waals surface area contributed by atoms with Crippen LogP contribution in [0, 0.1) is 23.7 Å². The summed E-state index contributed by atoms with van der Waals surface area (Å²) in [5.41, 5.74) is 7.10. The summed E-state index contributed by atoms with van der Waals surface area (Å²) in [4.78, 5) is 23.9. The Kier molecular flexibility index (Phi) is 7.78. The summed E-state index contributed by atoms with van der Waals surface area (Å²) in [7, 11) is 0. The summed E-state index contributed by atoms with van der Waals surface area (Å²) in [5.74, 6) is 8.60. The predicted molar refractivity (Wildman–Crippen MR) is 93.6 cm³/mol. The number of amides is 2. The van der Waals surface area contributed by atoms with Crippen molar-refractivity contribution in [2.45, 2.75) is 31.5 Å². The van der Waals surface area contributed by atoms with Crippen molar-refractivity contribution < 1.29 is 25.0 Å². The van der Waals surface area contributed by atoms with Crippen LogP contribution in [0.3, 0.4) is 0 Å². The summed E-state index contributed by atoms with van der Waals surface area (Å²) in [6.07, 6.45) is -1.13. The van der Waals surface area contributed by atoms with E-state index in [1.54, 1.807) is 26.0 Å². The second kappa shape index (κ2) is 9.56. The minimum Gasteiger partial charge on any atom is -0.393 e. The Morgan fingerprint density at radius 2 is 1.85 bits per heavy atom. The van der Waals surface area contributed by atoms with E-state index in [1.807, 2.05) is 0 Å². The standard InChI is InChI=1S/C18H21N3O5/c1-18(2,19)15(17(25)21-26)20-16(24)13-9-7-12(8-10-13)5-3-4-6-14(23)11-22/h7-10,14-15,22-23,26H,11,19H2,1-2H3,(H,20,24)(H,21,25)/t14-,15-/m1/s1. The van der Waals surface area contributed by atoms with Gasteiger partial charge in [-0.15, -0.1) is 0 Å². The maximum Gasteiger partial charge on any atom is 0.267 e. The lowest BCUT2D eigenvalue weighted by molar-refractivity contribution is -0.132. The Balaban J connectivity index is 2.84. The average Bonchev–Trinajstić information content (AvgIpc) is 2.61. The highest BCUT2D eigenvalue weighted by Crippen LogP contribution is 2.08. The van der Waals surface area contributed by atoms with Gasteiger partial charge >= 0.3 is 0 Å². The van der Waals surface area contributed by atoms with Gasteiger partial charge in [-0.05, 0) is 50.0 Å². The number of rotatable bonds is 5. The lowest BCUT2D eigenvalue weighted by Crippen LogP contribution is -2.61. The first-order valence-corrected chi connectivity index (χ1v) is 7.63. The van der Waals surface area contributed by atoms with Crippen molar-refractivity contribution in [2.75, 3.05) is 6.61 Å². The van der Waals surface area contributed by atoms with Gasteiger partial charge in [-0.2, -0.15) is 0 Å². The number of hydrogen-bond acceptors (Lipinski definition) is 6. The smallest absolute Gasteiger partial charge is 0.267 e. The topological polar surface area (TPSA) is 145 Å². The number of carbonyl (C=O) groups excluding carboxylic acids is 2. The number of benzene rings is 1. The lowest BCUT2D eigenvalue weighted by Gasteiger charge is -2.29. The molecule has 138 valence electrons. The number of hydroxylamine groups is 1. The van der Waals surface area contributed by atoms with E-state index in [4.69, 9.17) is 21.2 Å². The number of nitrogens with one attached hydrogen (secondary N) is 2. The Bertz CT molecular complexity index is 760. The molecule has 2 amide bonds. The molecule has 0 spiro atoms. The van der Waals surface area contributed by atoms with E-state index in [9.17, 15) is 9.59 Å². The number of nitrogens with two attached hydrogens (primary N) is 1. The Morgan fingerprint density at radius 3 is 2.35 bits per heavy atom. The van der Waals surface area contributed by atoms with Crippen LogP contribution in [0.25, 0.3) is 0 Å². The molecule has 8 nitrogen and oxygen atoms in total. The molecule has 1 aromatic carbocycles. The van der Waals surface area contributed by atoms with Crippen molar-refractivity contribution in [3.8, 4) is 23.7 Å². The second-order valence-electron chi connectivity index (χ2n) is 6.00. The Hall–Kier alpha value is -2.88. The van der Waals surface area contributed by atoms with Crippen LogP contribution in [0.1, 0.15) is 29.8 Å². The number of carbonyl (C=O) groups is 2. The van der Waals surface area contributed by atoms with Gasteiger partial charge in [-0.1, -0.05) is 11.8 Å². The molecule has 0 aromatic heterocycles. The molecular weight excluding hydrogens is 338 g/mol. The summed E-state index contributed by atoms with van der Waals surface area (Å²) in [6, 6.07) is 5.05. The van der Waals surface area contributed by atoms with Crippen LogP contribution >= 0.6 is 0 Å². The number of hydrogen-bond donors (Lipinski definition) is 6. The van der Waals surface area contributed by atoms with Gasteiger partial charge in [0.1, 0.15) is 12.1 Å². The minimum atomic E-state index is -1.13. The second-order valence-corrected chi connectivity index (χ2v) is 6.00. The van der Waals surface area contributed by atoms with Crippen LogP contribution in [0.4, 0.5) is 0 Å². The first-order valence-electron chi connectivity index (χ1n) is 7.63. The minimum absolute atomic E-state index is 0.275. The SMILES string of the molecule is CC(C)(N)[C@H](NC(=O)c1ccc(C#CC#C[C@@H](O)CO)cc1)C(=O)NO. The molecule has 0 saturated carbocycles. The van der Waals surface area contributed by atoms with E-state index in [2.05, 4.69) is 29.0 Å². The molecule has 7 N–H and O–H groups in total. The van der Waals surface area contributed by atoms with E-state index in [0.717, 1.165) is 0 Å². The largest absolute Gasteiger partial charge is 0.393 e. The molecule has 2 atom stereocenters. The molecule has 0 aliphatic heterocycles. The summed E-state index contributed by atoms with van der Waals surface area (Å²) >= 11 is 0. The molecule has 26 heavy (non-hydrogen) atoms. The third-order valence-corrected chi connectivity index (χ3v) is 3.22. The van der Waals surface area contributed by atoms with Crippen LogP contribution in [0.15, 0.2) is 24.3 Å². The molecule has 8 heteroatoms. The molecule has 0 radical (unpaired) electrons. The zero-order chi connectivity index (χ0) is 19.7. The van der Waals surface area contributed by atoms with Crippen molar-refractivity contribution >= 4 is 11.8 Å². The van der Waals surface area contributed by atoms with Crippen LogP contribution in [-0.4, -0.2) is 51.5 Å². The van der Waals surface area contributed by atoms with Crippen LogP contribution in [0.2, 0.25) is 0 Å². The molecule has 0 unspecified atom stereocenters. The van der Waals surface area contributed by atoms with E-state index in [0.29, 0.717) is 5.56 Å². The maximum absolute atomic E-state index is 12.3. The fourth-order valence-corrected chi connectivity index (χ4v) is 1.84. The number of aliphatic hydroxyl groups excluding tert-OH is 2.